The highest BCUT2D eigenvalue weighted by atomic mass is 32.1. The monoisotopic (exact) mass is 520 g/mol. The molecular formula is C28H32N4O4S. The van der Waals surface area contributed by atoms with Crippen molar-refractivity contribution in [2.45, 2.75) is 58.2 Å². The Bertz CT molecular complexity index is 1240. The fourth-order valence-corrected chi connectivity index (χ4v) is 5.42. The first kappa shape index (κ1) is 26.6. The van der Waals surface area contributed by atoms with E-state index < -0.39 is 24.1 Å². The molecule has 3 atom stereocenters. The van der Waals surface area contributed by atoms with E-state index in [-0.39, 0.29) is 37.0 Å². The molecule has 1 aromatic carbocycles. The minimum absolute atomic E-state index is 0.0735. The van der Waals surface area contributed by atoms with Crippen molar-refractivity contribution < 1.29 is 19.5 Å². The van der Waals surface area contributed by atoms with Crippen molar-refractivity contribution in [1.82, 2.24) is 20.2 Å². The summed E-state index contributed by atoms with van der Waals surface area (Å²) in [5.41, 5.74) is 5.30. The number of Topliss-reactive ketones (excluding diaryl/α,β-unsaturated/α-hetero) is 1. The van der Waals surface area contributed by atoms with Crippen molar-refractivity contribution in [3.63, 3.8) is 0 Å². The van der Waals surface area contributed by atoms with Crippen molar-refractivity contribution in [2.75, 3.05) is 6.54 Å². The van der Waals surface area contributed by atoms with Crippen LogP contribution in [0.3, 0.4) is 0 Å². The van der Waals surface area contributed by atoms with Crippen LogP contribution in [0.5, 0.6) is 0 Å². The summed E-state index contributed by atoms with van der Waals surface area (Å²) >= 11 is 1.60. The van der Waals surface area contributed by atoms with Crippen LogP contribution in [-0.2, 0) is 16.0 Å². The second kappa shape index (κ2) is 11.7. The van der Waals surface area contributed by atoms with Crippen LogP contribution in [-0.4, -0.2) is 62.3 Å². The summed E-state index contributed by atoms with van der Waals surface area (Å²) in [6.45, 7) is 5.74. The zero-order valence-electron chi connectivity index (χ0n) is 21.3. The lowest BCUT2D eigenvalue weighted by Gasteiger charge is -2.30. The third-order valence-corrected chi connectivity index (χ3v) is 7.68. The van der Waals surface area contributed by atoms with Gasteiger partial charge in [-0.2, -0.15) is 0 Å². The van der Waals surface area contributed by atoms with Gasteiger partial charge in [-0.1, -0.05) is 38.1 Å². The van der Waals surface area contributed by atoms with Crippen LogP contribution in [0.15, 0.2) is 54.3 Å². The summed E-state index contributed by atoms with van der Waals surface area (Å²) in [4.78, 5) is 50.2. The number of hydrogen-bond acceptors (Lipinski definition) is 7. The van der Waals surface area contributed by atoms with Crippen LogP contribution in [0.4, 0.5) is 0 Å². The van der Waals surface area contributed by atoms with Gasteiger partial charge in [-0.3, -0.25) is 19.4 Å². The van der Waals surface area contributed by atoms with E-state index >= 15 is 0 Å². The number of hydrogen-bond donors (Lipinski definition) is 2. The average Bonchev–Trinajstić information content (AvgIpc) is 3.51. The standard InChI is InChI=1S/C28H32N4O4S/c1-17(2)25(31-27(35)21-5-4-12-29-14-21)28(36)32-15-22(33)13-23(32)24(34)11-8-19-6-9-20(10-7-19)26-18(3)30-16-37-26/h4-7,9-10,12,14,16-17,22-23,25,33H,8,11,13,15H2,1-3H3,(H,31,35)/t22-,23+,25+/m1/s1. The van der Waals surface area contributed by atoms with E-state index in [0.29, 0.717) is 12.0 Å². The molecule has 37 heavy (non-hydrogen) atoms. The number of ketones is 1. The van der Waals surface area contributed by atoms with Crippen LogP contribution in [0.1, 0.15) is 48.3 Å². The molecule has 0 radical (unpaired) electrons. The van der Waals surface area contributed by atoms with Crippen molar-refractivity contribution in [2.24, 2.45) is 5.92 Å². The van der Waals surface area contributed by atoms with Crippen LogP contribution in [0.25, 0.3) is 10.4 Å². The molecule has 0 aliphatic carbocycles. The number of aryl methyl sites for hydroxylation is 2. The number of aliphatic hydroxyl groups excluding tert-OH is 1. The Morgan fingerprint density at radius 1 is 1.19 bits per heavy atom. The number of β-amino-alcohol motifs (C(OH)–C–C–N with tert-alkyl or cyclic N) is 1. The Morgan fingerprint density at radius 3 is 2.57 bits per heavy atom. The summed E-state index contributed by atoms with van der Waals surface area (Å²) in [7, 11) is 0. The summed E-state index contributed by atoms with van der Waals surface area (Å²) in [6, 6.07) is 9.84. The first-order chi connectivity index (χ1) is 17.7. The summed E-state index contributed by atoms with van der Waals surface area (Å²) in [5.74, 6) is -1.05. The summed E-state index contributed by atoms with van der Waals surface area (Å²) in [6.07, 6.45) is 3.24. The number of nitrogens with zero attached hydrogens (tertiary/aromatic N) is 3. The first-order valence-electron chi connectivity index (χ1n) is 12.5. The number of aliphatic hydroxyl groups is 1. The minimum atomic E-state index is -0.823. The molecular weight excluding hydrogens is 488 g/mol. The maximum Gasteiger partial charge on any atom is 0.253 e. The quantitative estimate of drug-likeness (QED) is 0.447. The van der Waals surface area contributed by atoms with E-state index in [1.54, 1.807) is 29.7 Å². The third kappa shape index (κ3) is 6.29. The number of nitrogens with one attached hydrogen (secondary N) is 1. The zero-order valence-corrected chi connectivity index (χ0v) is 22.1. The molecule has 194 valence electrons. The van der Waals surface area contributed by atoms with Gasteiger partial charge in [0.05, 0.1) is 33.8 Å². The Kier molecular flexibility index (Phi) is 8.45. The maximum atomic E-state index is 13.5. The number of likely N-dealkylation sites (tertiary alicyclic amines) is 1. The molecule has 8 nitrogen and oxygen atoms in total. The highest BCUT2D eigenvalue weighted by molar-refractivity contribution is 7.13. The summed E-state index contributed by atoms with van der Waals surface area (Å²) < 4.78 is 0. The SMILES string of the molecule is Cc1ncsc1-c1ccc(CCC(=O)[C@@H]2C[C@@H](O)CN2C(=O)[C@@H](NC(=O)c2cccnc2)C(C)C)cc1. The van der Waals surface area contributed by atoms with E-state index in [2.05, 4.69) is 15.3 Å². The van der Waals surface area contributed by atoms with Crippen LogP contribution < -0.4 is 5.32 Å². The molecule has 2 amide bonds. The molecule has 1 fully saturated rings. The predicted octanol–water partition coefficient (Wildman–Crippen LogP) is 3.43. The number of aromatic nitrogens is 2. The number of carbonyl (C=O) groups excluding carboxylic acids is 3. The van der Waals surface area contributed by atoms with Gasteiger partial charge in [0.2, 0.25) is 5.91 Å². The normalized spacial score (nSPS) is 18.1. The maximum absolute atomic E-state index is 13.5. The van der Waals surface area contributed by atoms with Crippen LogP contribution in [0.2, 0.25) is 0 Å². The highest BCUT2D eigenvalue weighted by Gasteiger charge is 2.41. The molecule has 1 saturated heterocycles. The Hall–Kier alpha value is -3.43. The topological polar surface area (TPSA) is 112 Å². The minimum Gasteiger partial charge on any atom is -0.391 e. The molecule has 2 aromatic heterocycles. The lowest BCUT2D eigenvalue weighted by atomic mass is 9.98. The number of rotatable bonds is 9. The number of amides is 2. The molecule has 2 N–H and O–H groups in total. The van der Waals surface area contributed by atoms with Gasteiger partial charge < -0.3 is 15.3 Å². The fraction of sp³-hybridized carbons (Fsp3) is 0.393. The largest absolute Gasteiger partial charge is 0.391 e. The molecule has 3 heterocycles. The number of benzene rings is 1. The Labute approximate surface area is 220 Å². The van der Waals surface area contributed by atoms with Gasteiger partial charge in [-0.05, 0) is 42.5 Å². The highest BCUT2D eigenvalue weighted by Crippen LogP contribution is 2.28. The number of pyridine rings is 1. The van der Waals surface area contributed by atoms with Gasteiger partial charge in [-0.15, -0.1) is 11.3 Å². The van der Waals surface area contributed by atoms with Gasteiger partial charge in [-0.25, -0.2) is 4.98 Å². The first-order valence-corrected chi connectivity index (χ1v) is 13.3. The van der Waals surface area contributed by atoms with E-state index in [9.17, 15) is 19.5 Å². The number of carbonyl (C=O) groups is 3. The van der Waals surface area contributed by atoms with Crippen molar-refractivity contribution in [3.05, 3.63) is 71.1 Å². The Morgan fingerprint density at radius 2 is 1.95 bits per heavy atom. The molecule has 1 aliphatic rings. The molecule has 3 aromatic rings. The molecule has 0 saturated carbocycles. The summed E-state index contributed by atoms with van der Waals surface area (Å²) in [5, 5.41) is 13.1. The van der Waals surface area contributed by atoms with E-state index in [0.717, 1.165) is 21.7 Å². The second-order valence-electron chi connectivity index (χ2n) is 9.76. The lowest BCUT2D eigenvalue weighted by Crippen LogP contribution is -2.54. The molecule has 1 aliphatic heterocycles. The van der Waals surface area contributed by atoms with Crippen LogP contribution in [0, 0.1) is 12.8 Å². The van der Waals surface area contributed by atoms with Gasteiger partial charge in [0.15, 0.2) is 5.78 Å². The molecule has 4 rings (SSSR count). The molecule has 0 unspecified atom stereocenters. The Balaban J connectivity index is 1.40. The van der Waals surface area contributed by atoms with E-state index in [1.807, 2.05) is 50.5 Å². The van der Waals surface area contributed by atoms with Crippen molar-refractivity contribution >= 4 is 28.9 Å². The average molecular weight is 521 g/mol. The zero-order chi connectivity index (χ0) is 26.5. The molecule has 0 spiro atoms. The van der Waals surface area contributed by atoms with Crippen molar-refractivity contribution in [3.8, 4) is 10.4 Å². The van der Waals surface area contributed by atoms with E-state index in [1.165, 1.54) is 11.1 Å². The lowest BCUT2D eigenvalue weighted by molar-refractivity contribution is -0.140. The van der Waals surface area contributed by atoms with Gasteiger partial charge in [0.1, 0.15) is 6.04 Å². The molecule has 9 heteroatoms. The smallest absolute Gasteiger partial charge is 0.253 e. The predicted molar refractivity (Wildman–Crippen MR) is 142 cm³/mol. The number of thiazole rings is 1. The van der Waals surface area contributed by atoms with Gasteiger partial charge in [0, 0.05) is 31.8 Å². The third-order valence-electron chi connectivity index (χ3n) is 6.70. The van der Waals surface area contributed by atoms with Gasteiger partial charge in [0.25, 0.3) is 5.91 Å². The van der Waals surface area contributed by atoms with E-state index in [4.69, 9.17) is 0 Å². The van der Waals surface area contributed by atoms with Crippen LogP contribution >= 0.6 is 11.3 Å². The van der Waals surface area contributed by atoms with Crippen molar-refractivity contribution in [1.29, 1.82) is 0 Å². The molecule has 0 bridgehead atoms. The fourth-order valence-electron chi connectivity index (χ4n) is 4.61. The second-order valence-corrected chi connectivity index (χ2v) is 10.6. The van der Waals surface area contributed by atoms with Gasteiger partial charge >= 0.3 is 0 Å².